The number of amides is 1. The summed E-state index contributed by atoms with van der Waals surface area (Å²) in [6, 6.07) is 16.0. The maximum Gasteiger partial charge on any atom is 0.437 e. The van der Waals surface area contributed by atoms with Gasteiger partial charge in [-0.15, -0.1) is 17.5 Å². The number of nitro groups is 1. The van der Waals surface area contributed by atoms with Crippen LogP contribution in [0.4, 0.5) is 21.6 Å². The Bertz CT molecular complexity index is 1490. The summed E-state index contributed by atoms with van der Waals surface area (Å²) >= 11 is 0. The van der Waals surface area contributed by atoms with E-state index < -0.39 is 28.3 Å². The first-order chi connectivity index (χ1) is 17.9. The molecule has 1 N–H and O–H groups in total. The maximum atomic E-state index is 14.9. The number of anilines is 2. The van der Waals surface area contributed by atoms with Crippen LogP contribution in [-0.2, 0) is 6.54 Å². The van der Waals surface area contributed by atoms with Crippen molar-refractivity contribution in [2.24, 2.45) is 0 Å². The highest BCUT2D eigenvalue weighted by Crippen LogP contribution is 2.31. The summed E-state index contributed by atoms with van der Waals surface area (Å²) in [4.78, 5) is 36.3. The molecule has 0 bridgehead atoms. The van der Waals surface area contributed by atoms with E-state index in [9.17, 15) is 24.1 Å². The van der Waals surface area contributed by atoms with Crippen molar-refractivity contribution in [1.82, 2.24) is 9.78 Å². The largest absolute Gasteiger partial charge is 0.437 e. The minimum atomic E-state index is -0.752. The summed E-state index contributed by atoms with van der Waals surface area (Å²) in [6.45, 7) is 1.38. The number of carbonyl (C=O) groups excluding carboxylic acids is 1. The lowest BCUT2D eigenvalue weighted by molar-refractivity contribution is -0.402. The number of aromatic nitrogens is 2. The monoisotopic (exact) mass is 543 g/mol. The van der Waals surface area contributed by atoms with Gasteiger partial charge in [0.2, 0.25) is 5.89 Å². The number of hydrogen-bond donors (Lipinski definition) is 1. The lowest BCUT2D eigenvalue weighted by atomic mass is 9.96. The first-order valence-electron chi connectivity index (χ1n) is 11.6. The summed E-state index contributed by atoms with van der Waals surface area (Å²) in [5, 5.41) is 17.6. The Morgan fingerprint density at radius 3 is 2.50 bits per heavy atom. The number of carbonyl (C=O) groups is 1. The number of nitrogens with one attached hydrogen (secondary N) is 1. The number of piperidine rings is 1. The molecule has 1 aliphatic heterocycles. The van der Waals surface area contributed by atoms with Gasteiger partial charge in [0.05, 0.1) is 18.3 Å². The van der Waals surface area contributed by atoms with Crippen molar-refractivity contribution in [3.05, 3.63) is 104 Å². The molecule has 38 heavy (non-hydrogen) atoms. The average Bonchev–Trinajstić information content (AvgIpc) is 3.53. The third-order valence-corrected chi connectivity index (χ3v) is 6.18. The van der Waals surface area contributed by atoms with E-state index >= 15 is 0 Å². The van der Waals surface area contributed by atoms with Crippen LogP contribution in [0.2, 0.25) is 0 Å². The molecule has 198 valence electrons. The molecule has 11 nitrogen and oxygen atoms in total. The van der Waals surface area contributed by atoms with E-state index in [1.807, 2.05) is 35.2 Å². The fourth-order valence-corrected chi connectivity index (χ4v) is 4.29. The van der Waals surface area contributed by atoms with Gasteiger partial charge in [0.15, 0.2) is 5.76 Å². The van der Waals surface area contributed by atoms with Gasteiger partial charge in [-0.2, -0.15) is 4.68 Å². The number of benzene rings is 2. The van der Waals surface area contributed by atoms with E-state index in [0.29, 0.717) is 44.1 Å². The van der Waals surface area contributed by atoms with Gasteiger partial charge < -0.3 is 19.1 Å². The molecule has 0 aliphatic carbocycles. The van der Waals surface area contributed by atoms with E-state index in [-0.39, 0.29) is 29.8 Å². The first kappa shape index (κ1) is 26.6. The smallest absolute Gasteiger partial charge is 0.395 e. The molecule has 0 unspecified atom stereocenters. The molecule has 0 spiro atoms. The summed E-state index contributed by atoms with van der Waals surface area (Å²) in [5.74, 6) is -2.24. The Morgan fingerprint density at radius 1 is 1.11 bits per heavy atom. The van der Waals surface area contributed by atoms with Gasteiger partial charge in [0.25, 0.3) is 5.91 Å². The lowest BCUT2D eigenvalue weighted by Gasteiger charge is -2.32. The van der Waals surface area contributed by atoms with Crippen LogP contribution in [-0.4, -0.2) is 33.7 Å². The summed E-state index contributed by atoms with van der Waals surface area (Å²) in [6.07, 6.45) is 1.25. The van der Waals surface area contributed by atoms with Crippen molar-refractivity contribution in [3.63, 3.8) is 0 Å². The first-order valence-corrected chi connectivity index (χ1v) is 11.6. The van der Waals surface area contributed by atoms with Gasteiger partial charge in [0, 0.05) is 24.7 Å². The molecule has 1 fully saturated rings. The van der Waals surface area contributed by atoms with Crippen molar-refractivity contribution < 1.29 is 22.9 Å². The van der Waals surface area contributed by atoms with E-state index in [4.69, 9.17) is 8.83 Å². The summed E-state index contributed by atoms with van der Waals surface area (Å²) in [7, 11) is 0. The molecule has 1 saturated heterocycles. The summed E-state index contributed by atoms with van der Waals surface area (Å²) < 4.78 is 26.5. The van der Waals surface area contributed by atoms with E-state index in [0.717, 1.165) is 11.6 Å². The second-order valence-corrected chi connectivity index (χ2v) is 8.63. The second-order valence-electron chi connectivity index (χ2n) is 8.63. The Labute approximate surface area is 221 Å². The highest BCUT2D eigenvalue weighted by molar-refractivity contribution is 6.02. The zero-order valence-electron chi connectivity index (χ0n) is 19.9. The topological polar surface area (TPSA) is 137 Å². The number of nitrogens with zero attached hydrogens (tertiary/aromatic N) is 4. The molecule has 1 amide bonds. The van der Waals surface area contributed by atoms with E-state index in [2.05, 4.69) is 10.4 Å². The SMILES string of the molecule is Cl.O=C(Nc1ccc(N2CCC(c3nn(Cc4ccccc4)c(=O)o3)CC2)c(F)c1)c1ccc([N+](=O)[O-])o1. The quantitative estimate of drug-likeness (QED) is 0.264. The predicted molar refractivity (Wildman–Crippen MR) is 137 cm³/mol. The number of rotatable bonds is 7. The van der Waals surface area contributed by atoms with Gasteiger partial charge in [-0.3, -0.25) is 14.9 Å². The van der Waals surface area contributed by atoms with Gasteiger partial charge in [-0.05, 0) is 42.7 Å². The fourth-order valence-electron chi connectivity index (χ4n) is 4.29. The molecule has 2 aromatic carbocycles. The number of furan rings is 1. The van der Waals surface area contributed by atoms with Crippen LogP contribution in [0.3, 0.4) is 0 Å². The Kier molecular flexibility index (Phi) is 7.91. The maximum absolute atomic E-state index is 14.9. The highest BCUT2D eigenvalue weighted by atomic mass is 35.5. The summed E-state index contributed by atoms with van der Waals surface area (Å²) in [5.41, 5.74) is 1.51. The normalized spacial score (nSPS) is 13.7. The molecule has 2 aromatic heterocycles. The van der Waals surface area contributed by atoms with Crippen LogP contribution >= 0.6 is 12.4 Å². The highest BCUT2D eigenvalue weighted by Gasteiger charge is 2.27. The van der Waals surface area contributed by atoms with Crippen molar-refractivity contribution in [2.45, 2.75) is 25.3 Å². The Hall–Kier alpha value is -4.45. The predicted octanol–water partition coefficient (Wildman–Crippen LogP) is 4.58. The van der Waals surface area contributed by atoms with Crippen LogP contribution < -0.4 is 16.0 Å². The molecule has 3 heterocycles. The van der Waals surface area contributed by atoms with Crippen molar-refractivity contribution in [1.29, 1.82) is 0 Å². The molecule has 0 atom stereocenters. The lowest BCUT2D eigenvalue weighted by Crippen LogP contribution is -2.33. The van der Waals surface area contributed by atoms with Crippen molar-refractivity contribution >= 4 is 35.6 Å². The molecular weight excluding hydrogens is 521 g/mol. The fraction of sp³-hybridized carbons (Fsp3) is 0.240. The molecule has 13 heteroatoms. The van der Waals surface area contributed by atoms with Gasteiger partial charge in [-0.25, -0.2) is 9.18 Å². The standard InChI is InChI=1S/C25H22FN5O6.ClH/c26-19-14-18(27-23(32)21-8-9-22(36-21)31(34)35)6-7-20(19)29-12-10-17(11-13-29)24-28-30(25(33)37-24)15-16-4-2-1-3-5-16;/h1-9,14,17H,10-13,15H2,(H,27,32);1H. The average molecular weight is 544 g/mol. The van der Waals surface area contributed by atoms with Gasteiger partial charge in [-0.1, -0.05) is 30.3 Å². The molecular formula is C25H23ClFN5O6. The van der Waals surface area contributed by atoms with Crippen molar-refractivity contribution in [2.75, 3.05) is 23.3 Å². The van der Waals surface area contributed by atoms with Crippen LogP contribution in [0.5, 0.6) is 0 Å². The second kappa shape index (κ2) is 11.3. The van der Waals surface area contributed by atoms with E-state index in [1.54, 1.807) is 12.1 Å². The van der Waals surface area contributed by atoms with E-state index in [1.165, 1.54) is 16.8 Å². The molecule has 5 rings (SSSR count). The van der Waals surface area contributed by atoms with Crippen LogP contribution in [0.15, 0.2) is 74.3 Å². The minimum absolute atomic E-state index is 0. The Morgan fingerprint density at radius 2 is 1.84 bits per heavy atom. The van der Waals surface area contributed by atoms with Gasteiger partial charge >= 0.3 is 11.6 Å². The zero-order valence-corrected chi connectivity index (χ0v) is 20.7. The van der Waals surface area contributed by atoms with Crippen molar-refractivity contribution in [3.8, 4) is 0 Å². The number of hydrogen-bond acceptors (Lipinski definition) is 8. The minimum Gasteiger partial charge on any atom is -0.395 e. The number of halogens is 2. The zero-order chi connectivity index (χ0) is 25.9. The Balaban J connectivity index is 0.00000336. The third-order valence-electron chi connectivity index (χ3n) is 6.18. The third kappa shape index (κ3) is 5.75. The molecule has 0 saturated carbocycles. The van der Waals surface area contributed by atoms with Crippen LogP contribution in [0, 0.1) is 15.9 Å². The molecule has 4 aromatic rings. The van der Waals surface area contributed by atoms with Crippen LogP contribution in [0.1, 0.15) is 40.8 Å². The van der Waals surface area contributed by atoms with Crippen LogP contribution in [0.25, 0.3) is 0 Å². The van der Waals surface area contributed by atoms with Gasteiger partial charge in [0.1, 0.15) is 10.7 Å². The molecule has 1 aliphatic rings. The molecule has 0 radical (unpaired) electrons.